The minimum absolute atomic E-state index is 0.718. The lowest BCUT2D eigenvalue weighted by molar-refractivity contribution is 0.187. The molecule has 1 saturated carbocycles. The van der Waals surface area contributed by atoms with Crippen LogP contribution in [0.3, 0.4) is 0 Å². The van der Waals surface area contributed by atoms with E-state index in [-0.39, 0.29) is 0 Å². The molecule has 1 aliphatic heterocycles. The Balaban J connectivity index is 1.64. The topological polar surface area (TPSA) is 15.3 Å². The van der Waals surface area contributed by atoms with Crippen molar-refractivity contribution in [3.8, 4) is 0 Å². The van der Waals surface area contributed by atoms with E-state index >= 15 is 0 Å². The predicted octanol–water partition coefficient (Wildman–Crippen LogP) is 2.35. The summed E-state index contributed by atoms with van der Waals surface area (Å²) in [5, 5.41) is 3.77. The minimum Gasteiger partial charge on any atom is -0.314 e. The molecule has 2 rings (SSSR count). The van der Waals surface area contributed by atoms with Gasteiger partial charge in [-0.1, -0.05) is 6.92 Å². The Labute approximate surface area is 101 Å². The largest absolute Gasteiger partial charge is 0.314 e. The van der Waals surface area contributed by atoms with Gasteiger partial charge in [0.2, 0.25) is 0 Å². The SMILES string of the molecule is CC(CNC(C)C1CCN(C)CC1)C1CC1. The van der Waals surface area contributed by atoms with E-state index in [0.29, 0.717) is 0 Å². The predicted molar refractivity (Wildman–Crippen MR) is 69.6 cm³/mol. The van der Waals surface area contributed by atoms with Crippen LogP contribution in [0.4, 0.5) is 0 Å². The number of hydrogen-bond acceptors (Lipinski definition) is 2. The van der Waals surface area contributed by atoms with Crippen molar-refractivity contribution >= 4 is 0 Å². The third kappa shape index (κ3) is 3.46. The lowest BCUT2D eigenvalue weighted by atomic mass is 9.90. The van der Waals surface area contributed by atoms with Crippen LogP contribution in [0.5, 0.6) is 0 Å². The number of rotatable bonds is 5. The highest BCUT2D eigenvalue weighted by Gasteiger charge is 2.28. The fraction of sp³-hybridized carbons (Fsp3) is 1.00. The van der Waals surface area contributed by atoms with E-state index in [0.717, 1.165) is 23.8 Å². The number of nitrogens with one attached hydrogen (secondary N) is 1. The Kier molecular flexibility index (Phi) is 4.26. The Morgan fingerprint density at radius 2 is 1.69 bits per heavy atom. The fourth-order valence-corrected chi connectivity index (χ4v) is 2.90. The molecule has 94 valence electrons. The molecule has 0 bridgehead atoms. The quantitative estimate of drug-likeness (QED) is 0.771. The molecule has 2 nitrogen and oxygen atoms in total. The van der Waals surface area contributed by atoms with Gasteiger partial charge in [0.1, 0.15) is 0 Å². The van der Waals surface area contributed by atoms with Crippen molar-refractivity contribution in [2.24, 2.45) is 17.8 Å². The van der Waals surface area contributed by atoms with Crippen molar-refractivity contribution in [2.45, 2.75) is 45.6 Å². The van der Waals surface area contributed by atoms with Crippen molar-refractivity contribution in [3.63, 3.8) is 0 Å². The van der Waals surface area contributed by atoms with Crippen LogP contribution >= 0.6 is 0 Å². The first-order valence-corrected chi connectivity index (χ1v) is 7.08. The summed E-state index contributed by atoms with van der Waals surface area (Å²) in [4.78, 5) is 2.45. The van der Waals surface area contributed by atoms with Crippen LogP contribution < -0.4 is 5.32 Å². The van der Waals surface area contributed by atoms with Gasteiger partial charge < -0.3 is 10.2 Å². The zero-order valence-corrected chi connectivity index (χ0v) is 11.2. The van der Waals surface area contributed by atoms with E-state index in [9.17, 15) is 0 Å². The van der Waals surface area contributed by atoms with E-state index in [4.69, 9.17) is 0 Å². The van der Waals surface area contributed by atoms with E-state index in [1.807, 2.05) is 0 Å². The molecule has 0 radical (unpaired) electrons. The second-order valence-electron chi connectivity index (χ2n) is 6.15. The van der Waals surface area contributed by atoms with Crippen molar-refractivity contribution in [2.75, 3.05) is 26.7 Å². The second-order valence-corrected chi connectivity index (χ2v) is 6.15. The first-order chi connectivity index (χ1) is 7.66. The second kappa shape index (κ2) is 5.50. The van der Waals surface area contributed by atoms with Gasteiger partial charge in [0.25, 0.3) is 0 Å². The molecule has 2 unspecified atom stereocenters. The molecule has 16 heavy (non-hydrogen) atoms. The summed E-state index contributed by atoms with van der Waals surface area (Å²) in [7, 11) is 2.24. The zero-order chi connectivity index (χ0) is 11.5. The van der Waals surface area contributed by atoms with Gasteiger partial charge in [-0.3, -0.25) is 0 Å². The van der Waals surface area contributed by atoms with Crippen LogP contribution in [0, 0.1) is 17.8 Å². The summed E-state index contributed by atoms with van der Waals surface area (Å²) in [6.45, 7) is 8.60. The smallest absolute Gasteiger partial charge is 0.00680 e. The first-order valence-electron chi connectivity index (χ1n) is 7.08. The van der Waals surface area contributed by atoms with Crippen LogP contribution in [-0.4, -0.2) is 37.6 Å². The molecule has 0 aromatic heterocycles. The van der Waals surface area contributed by atoms with Crippen molar-refractivity contribution in [1.82, 2.24) is 10.2 Å². The molecule has 0 amide bonds. The summed E-state index contributed by atoms with van der Waals surface area (Å²) in [5.74, 6) is 2.84. The van der Waals surface area contributed by atoms with Gasteiger partial charge >= 0.3 is 0 Å². The third-order valence-corrected chi connectivity index (χ3v) is 4.66. The molecule has 0 aromatic carbocycles. The fourth-order valence-electron chi connectivity index (χ4n) is 2.90. The first kappa shape index (κ1) is 12.4. The average Bonchev–Trinajstić information content (AvgIpc) is 3.10. The van der Waals surface area contributed by atoms with Gasteiger partial charge in [-0.05, 0) is 77.0 Å². The molecule has 2 aliphatic rings. The van der Waals surface area contributed by atoms with E-state index < -0.39 is 0 Å². The van der Waals surface area contributed by atoms with E-state index in [1.54, 1.807) is 0 Å². The molecule has 2 fully saturated rings. The Morgan fingerprint density at radius 1 is 1.06 bits per heavy atom. The summed E-state index contributed by atoms with van der Waals surface area (Å²) in [5.41, 5.74) is 0. The van der Waals surface area contributed by atoms with Crippen LogP contribution in [0.1, 0.15) is 39.5 Å². The Bertz CT molecular complexity index is 205. The van der Waals surface area contributed by atoms with Gasteiger partial charge in [-0.2, -0.15) is 0 Å². The van der Waals surface area contributed by atoms with Crippen LogP contribution in [0.15, 0.2) is 0 Å². The molecular weight excluding hydrogens is 196 g/mol. The molecule has 1 aliphatic carbocycles. The molecule has 2 heteroatoms. The summed E-state index contributed by atoms with van der Waals surface area (Å²) < 4.78 is 0. The molecule has 1 heterocycles. The lowest BCUT2D eigenvalue weighted by Gasteiger charge is -2.33. The van der Waals surface area contributed by atoms with E-state index in [1.165, 1.54) is 45.3 Å². The number of hydrogen-bond donors (Lipinski definition) is 1. The van der Waals surface area contributed by atoms with Gasteiger partial charge in [-0.25, -0.2) is 0 Å². The van der Waals surface area contributed by atoms with Gasteiger partial charge in [0.15, 0.2) is 0 Å². The summed E-state index contributed by atoms with van der Waals surface area (Å²) in [6.07, 6.45) is 5.71. The average molecular weight is 224 g/mol. The Morgan fingerprint density at radius 3 is 2.25 bits per heavy atom. The van der Waals surface area contributed by atoms with E-state index in [2.05, 4.69) is 31.1 Å². The van der Waals surface area contributed by atoms with Crippen LogP contribution in [0.25, 0.3) is 0 Å². The molecular formula is C14H28N2. The molecule has 1 saturated heterocycles. The zero-order valence-electron chi connectivity index (χ0n) is 11.2. The van der Waals surface area contributed by atoms with Crippen molar-refractivity contribution in [1.29, 1.82) is 0 Å². The Hall–Kier alpha value is -0.0800. The highest BCUT2D eigenvalue weighted by molar-refractivity contribution is 4.83. The monoisotopic (exact) mass is 224 g/mol. The lowest BCUT2D eigenvalue weighted by Crippen LogP contribution is -2.42. The molecule has 0 aromatic rings. The minimum atomic E-state index is 0.718. The number of likely N-dealkylation sites (tertiary alicyclic amines) is 1. The standard InChI is InChI=1S/C14H28N2/c1-11(13-4-5-13)10-15-12(2)14-6-8-16(3)9-7-14/h11-15H,4-10H2,1-3H3. The maximum atomic E-state index is 3.77. The third-order valence-electron chi connectivity index (χ3n) is 4.66. The van der Waals surface area contributed by atoms with Gasteiger partial charge in [0.05, 0.1) is 0 Å². The van der Waals surface area contributed by atoms with Crippen LogP contribution in [0.2, 0.25) is 0 Å². The molecule has 1 N–H and O–H groups in total. The molecule has 2 atom stereocenters. The number of piperidine rings is 1. The highest BCUT2D eigenvalue weighted by Crippen LogP contribution is 2.36. The van der Waals surface area contributed by atoms with Crippen molar-refractivity contribution < 1.29 is 0 Å². The highest BCUT2D eigenvalue weighted by atomic mass is 15.1. The van der Waals surface area contributed by atoms with Gasteiger partial charge in [-0.15, -0.1) is 0 Å². The van der Waals surface area contributed by atoms with Crippen LogP contribution in [-0.2, 0) is 0 Å². The summed E-state index contributed by atoms with van der Waals surface area (Å²) >= 11 is 0. The maximum absolute atomic E-state index is 3.77. The maximum Gasteiger partial charge on any atom is 0.00680 e. The molecule has 0 spiro atoms. The normalized spacial score (nSPS) is 27.9. The number of nitrogens with zero attached hydrogens (tertiary/aromatic N) is 1. The van der Waals surface area contributed by atoms with Gasteiger partial charge in [0, 0.05) is 6.04 Å². The van der Waals surface area contributed by atoms with Crippen molar-refractivity contribution in [3.05, 3.63) is 0 Å². The summed E-state index contributed by atoms with van der Waals surface area (Å²) in [6, 6.07) is 0.718.